The van der Waals surface area contributed by atoms with Gasteiger partial charge in [-0.1, -0.05) is 12.0 Å². The van der Waals surface area contributed by atoms with Gasteiger partial charge in [0.2, 0.25) is 0 Å². The maximum Gasteiger partial charge on any atom is 0.319 e. The highest BCUT2D eigenvalue weighted by Gasteiger charge is 2.49. The standard InChI is InChI=1S/C36H36F4N4O4/c1-4-24-27(38)8-7-21-13-23(48-20-46-3)14-25(29(21)24)30-28(39)15-26-32(31(30)40)41-34(42-33(26)43-11-5-9-35(2,45)18-43)47-19-36-10-6-12-44(36)17-22(37)16-36/h1,7-8,13-15,22,45H,5-6,9-12,16-20H2,2-3H3/t22-,35-,36+/m1/s1. The lowest BCUT2D eigenvalue weighted by molar-refractivity contribution is 0.0447. The van der Waals surface area contributed by atoms with E-state index in [0.29, 0.717) is 37.7 Å². The van der Waals surface area contributed by atoms with Gasteiger partial charge >= 0.3 is 6.01 Å². The average molecular weight is 665 g/mol. The summed E-state index contributed by atoms with van der Waals surface area (Å²) in [7, 11) is 1.43. The third kappa shape index (κ3) is 5.67. The summed E-state index contributed by atoms with van der Waals surface area (Å²) < 4.78 is 79.7. The van der Waals surface area contributed by atoms with Crippen LogP contribution in [0.5, 0.6) is 11.8 Å². The molecule has 3 aliphatic heterocycles. The van der Waals surface area contributed by atoms with E-state index in [1.807, 2.05) is 0 Å². The summed E-state index contributed by atoms with van der Waals surface area (Å²) in [4.78, 5) is 12.9. The van der Waals surface area contributed by atoms with Crippen LogP contribution in [-0.4, -0.2) is 84.0 Å². The smallest absolute Gasteiger partial charge is 0.319 e. The van der Waals surface area contributed by atoms with Crippen LogP contribution in [0.3, 0.4) is 0 Å². The molecule has 252 valence electrons. The first kappa shape index (κ1) is 32.4. The van der Waals surface area contributed by atoms with Crippen molar-refractivity contribution in [3.63, 3.8) is 0 Å². The van der Waals surface area contributed by atoms with E-state index in [1.54, 1.807) is 17.9 Å². The predicted molar refractivity (Wildman–Crippen MR) is 173 cm³/mol. The topological polar surface area (TPSA) is 80.2 Å². The fourth-order valence-corrected chi connectivity index (χ4v) is 7.72. The molecule has 0 amide bonds. The van der Waals surface area contributed by atoms with Crippen molar-refractivity contribution in [2.75, 3.05) is 51.6 Å². The molecule has 1 N–H and O–H groups in total. The van der Waals surface area contributed by atoms with E-state index >= 15 is 13.2 Å². The van der Waals surface area contributed by atoms with Crippen LogP contribution >= 0.6 is 0 Å². The first-order valence-corrected chi connectivity index (χ1v) is 16.1. The predicted octanol–water partition coefficient (Wildman–Crippen LogP) is 6.14. The molecule has 1 aromatic heterocycles. The number of β-amino-alcohol motifs (C(OH)–C–C–N with tert-alkyl or cyclic N) is 1. The highest BCUT2D eigenvalue weighted by Crippen LogP contribution is 2.43. The van der Waals surface area contributed by atoms with Crippen molar-refractivity contribution in [2.45, 2.75) is 56.3 Å². The zero-order chi connectivity index (χ0) is 33.8. The SMILES string of the molecule is C#Cc1c(F)ccc2cc(OCOC)cc(-c3c(F)cc4c(N5CCC[C@@](C)(O)C5)nc(OC[C@@]56CCCN5C[C@H](F)C6)nc4c3F)c12. The van der Waals surface area contributed by atoms with Crippen molar-refractivity contribution in [3.8, 4) is 35.2 Å². The zero-order valence-electron chi connectivity index (χ0n) is 26.8. The van der Waals surface area contributed by atoms with Gasteiger partial charge in [0.05, 0.1) is 22.3 Å². The second kappa shape index (κ2) is 12.4. The normalized spacial score (nSPS) is 24.3. The van der Waals surface area contributed by atoms with Crippen LogP contribution in [0.15, 0.2) is 30.3 Å². The van der Waals surface area contributed by atoms with Crippen LogP contribution < -0.4 is 14.4 Å². The Bertz CT molecular complexity index is 1950. The van der Waals surface area contributed by atoms with E-state index in [4.69, 9.17) is 20.6 Å². The summed E-state index contributed by atoms with van der Waals surface area (Å²) >= 11 is 0. The lowest BCUT2D eigenvalue weighted by Gasteiger charge is -2.38. The number of aromatic nitrogens is 2. The van der Waals surface area contributed by atoms with Crippen molar-refractivity contribution in [2.24, 2.45) is 0 Å². The molecule has 3 fully saturated rings. The number of benzene rings is 3. The summed E-state index contributed by atoms with van der Waals surface area (Å²) in [5, 5.41) is 11.5. The Morgan fingerprint density at radius 1 is 1.06 bits per heavy atom. The molecule has 3 aliphatic rings. The minimum atomic E-state index is -1.06. The molecule has 3 aromatic carbocycles. The van der Waals surface area contributed by atoms with Crippen molar-refractivity contribution >= 4 is 27.5 Å². The van der Waals surface area contributed by atoms with Crippen molar-refractivity contribution in [1.82, 2.24) is 14.9 Å². The maximum atomic E-state index is 17.0. The Balaban J connectivity index is 1.42. The third-order valence-corrected chi connectivity index (χ3v) is 9.85. The Labute approximate surface area is 275 Å². The van der Waals surface area contributed by atoms with Gasteiger partial charge in [0.1, 0.15) is 41.5 Å². The number of aliphatic hydroxyl groups is 1. The van der Waals surface area contributed by atoms with Crippen LogP contribution in [0.2, 0.25) is 0 Å². The third-order valence-electron chi connectivity index (χ3n) is 9.85. The lowest BCUT2D eigenvalue weighted by atomic mass is 9.92. The number of rotatable bonds is 8. The molecule has 12 heteroatoms. The Hall–Kier alpha value is -4.18. The van der Waals surface area contributed by atoms with E-state index in [2.05, 4.69) is 20.8 Å². The van der Waals surface area contributed by atoms with Crippen LogP contribution in [0.25, 0.3) is 32.8 Å². The fraction of sp³-hybridized carbons (Fsp3) is 0.444. The number of hydrogen-bond donors (Lipinski definition) is 1. The van der Waals surface area contributed by atoms with Gasteiger partial charge in [-0.2, -0.15) is 9.97 Å². The highest BCUT2D eigenvalue weighted by molar-refractivity contribution is 6.04. The summed E-state index contributed by atoms with van der Waals surface area (Å²) in [6.07, 6.45) is 7.86. The zero-order valence-corrected chi connectivity index (χ0v) is 26.8. The molecule has 0 bridgehead atoms. The number of methoxy groups -OCH3 is 1. The quantitative estimate of drug-likeness (QED) is 0.137. The molecule has 0 saturated carbocycles. The second-order valence-electron chi connectivity index (χ2n) is 13.3. The number of terminal acetylenes is 1. The van der Waals surface area contributed by atoms with E-state index < -0.39 is 40.3 Å². The number of anilines is 1. The van der Waals surface area contributed by atoms with Crippen molar-refractivity contribution in [3.05, 3.63) is 53.3 Å². The van der Waals surface area contributed by atoms with Gasteiger partial charge in [-0.25, -0.2) is 17.6 Å². The number of halogens is 4. The fourth-order valence-electron chi connectivity index (χ4n) is 7.72. The van der Waals surface area contributed by atoms with E-state index in [-0.39, 0.29) is 64.9 Å². The summed E-state index contributed by atoms with van der Waals surface area (Å²) in [6.45, 7) is 3.38. The summed E-state index contributed by atoms with van der Waals surface area (Å²) in [5.41, 5.74) is -2.50. The Kier molecular flexibility index (Phi) is 8.34. The van der Waals surface area contributed by atoms with Gasteiger partial charge in [0.15, 0.2) is 12.6 Å². The van der Waals surface area contributed by atoms with E-state index in [1.165, 1.54) is 25.3 Å². The van der Waals surface area contributed by atoms with Gasteiger partial charge in [0.25, 0.3) is 0 Å². The number of piperidine rings is 1. The minimum absolute atomic E-state index is 0.0353. The highest BCUT2D eigenvalue weighted by atomic mass is 19.1. The molecule has 0 radical (unpaired) electrons. The summed E-state index contributed by atoms with van der Waals surface area (Å²) in [6, 6.07) is 6.60. The molecule has 3 atom stereocenters. The largest absolute Gasteiger partial charge is 0.468 e. The second-order valence-corrected chi connectivity index (χ2v) is 13.3. The molecule has 4 aromatic rings. The van der Waals surface area contributed by atoms with Crippen LogP contribution in [0, 0.1) is 29.8 Å². The maximum absolute atomic E-state index is 17.0. The monoisotopic (exact) mass is 664 g/mol. The first-order chi connectivity index (χ1) is 23.0. The molecule has 8 nitrogen and oxygen atoms in total. The molecule has 3 saturated heterocycles. The number of ether oxygens (including phenoxy) is 3. The van der Waals surface area contributed by atoms with E-state index in [0.717, 1.165) is 25.5 Å². The van der Waals surface area contributed by atoms with Gasteiger partial charge in [-0.15, -0.1) is 6.42 Å². The van der Waals surface area contributed by atoms with Crippen LogP contribution in [0.1, 0.15) is 44.6 Å². The molecule has 7 rings (SSSR count). The van der Waals surface area contributed by atoms with E-state index in [9.17, 15) is 9.50 Å². The summed E-state index contributed by atoms with van der Waals surface area (Å²) in [5.74, 6) is 0.0319. The Morgan fingerprint density at radius 3 is 2.65 bits per heavy atom. The number of nitrogens with zero attached hydrogens (tertiary/aromatic N) is 4. The number of hydrogen-bond acceptors (Lipinski definition) is 8. The average Bonchev–Trinajstić information content (AvgIpc) is 3.58. The van der Waals surface area contributed by atoms with Gasteiger partial charge < -0.3 is 24.2 Å². The number of alkyl halides is 1. The van der Waals surface area contributed by atoms with Crippen LogP contribution in [0.4, 0.5) is 23.4 Å². The van der Waals surface area contributed by atoms with Crippen molar-refractivity contribution < 1.29 is 36.9 Å². The molecule has 48 heavy (non-hydrogen) atoms. The first-order valence-electron chi connectivity index (χ1n) is 16.1. The number of fused-ring (bicyclic) bond motifs is 3. The minimum Gasteiger partial charge on any atom is -0.468 e. The van der Waals surface area contributed by atoms with Crippen LogP contribution in [-0.2, 0) is 4.74 Å². The van der Waals surface area contributed by atoms with Crippen molar-refractivity contribution in [1.29, 1.82) is 0 Å². The molecule has 0 aliphatic carbocycles. The van der Waals surface area contributed by atoms with Gasteiger partial charge in [-0.3, -0.25) is 4.90 Å². The lowest BCUT2D eigenvalue weighted by Crippen LogP contribution is -2.46. The Morgan fingerprint density at radius 2 is 1.88 bits per heavy atom. The van der Waals surface area contributed by atoms with Gasteiger partial charge in [-0.05, 0) is 68.8 Å². The molecular weight excluding hydrogens is 628 g/mol. The molecule has 0 unspecified atom stereocenters. The van der Waals surface area contributed by atoms with Gasteiger partial charge in [0, 0.05) is 49.5 Å². The molecule has 0 spiro atoms. The molecule has 4 heterocycles. The molecular formula is C36H36F4N4O4.